The first-order valence-corrected chi connectivity index (χ1v) is 6.39. The minimum absolute atomic E-state index is 0.0451. The highest BCUT2D eigenvalue weighted by molar-refractivity contribution is 6.03. The van der Waals surface area contributed by atoms with E-state index in [1.54, 1.807) is 0 Å². The van der Waals surface area contributed by atoms with E-state index in [4.69, 9.17) is 4.74 Å². The summed E-state index contributed by atoms with van der Waals surface area (Å²) in [7, 11) is 0. The van der Waals surface area contributed by atoms with Gasteiger partial charge in [0.05, 0.1) is 0 Å². The number of nitrogens with one attached hydrogen (secondary N) is 2. The molecule has 116 valence electrons. The molecule has 3 rings (SSSR count). The Morgan fingerprint density at radius 3 is 2.57 bits per heavy atom. The molecule has 1 amide bonds. The Morgan fingerprint density at radius 1 is 1.13 bits per heavy atom. The topological polar surface area (TPSA) is 92.8 Å². The largest absolute Gasteiger partial charge is 0.454 e. The van der Waals surface area contributed by atoms with E-state index in [9.17, 15) is 13.6 Å². The van der Waals surface area contributed by atoms with Gasteiger partial charge >= 0.3 is 0 Å². The van der Waals surface area contributed by atoms with Gasteiger partial charge < -0.3 is 4.74 Å². The van der Waals surface area contributed by atoms with Crippen LogP contribution in [-0.2, 0) is 0 Å². The Labute approximate surface area is 128 Å². The van der Waals surface area contributed by atoms with Gasteiger partial charge in [0, 0.05) is 11.6 Å². The number of aromatic amines is 1. The minimum atomic E-state index is -0.816. The normalized spacial score (nSPS) is 10.3. The van der Waals surface area contributed by atoms with Crippen molar-refractivity contribution in [1.29, 1.82) is 0 Å². The number of nitrogens with zero attached hydrogens (tertiary/aromatic N) is 3. The molecule has 0 spiro atoms. The maximum atomic E-state index is 13.5. The molecular weight excluding hydrogens is 308 g/mol. The first kappa shape index (κ1) is 14.6. The third-order valence-corrected chi connectivity index (χ3v) is 2.81. The van der Waals surface area contributed by atoms with E-state index >= 15 is 0 Å². The van der Waals surface area contributed by atoms with Gasteiger partial charge in [0.1, 0.15) is 11.6 Å². The number of hydrogen-bond acceptors (Lipinski definition) is 5. The van der Waals surface area contributed by atoms with Crippen LogP contribution in [0.5, 0.6) is 11.5 Å². The highest BCUT2D eigenvalue weighted by atomic mass is 19.1. The lowest BCUT2D eigenvalue weighted by Gasteiger charge is -2.07. The van der Waals surface area contributed by atoms with Crippen LogP contribution in [0, 0.1) is 11.6 Å². The summed E-state index contributed by atoms with van der Waals surface area (Å²) in [5.41, 5.74) is 0.321. The molecule has 0 aliphatic heterocycles. The SMILES string of the molecule is O=C(Nc1nn[nH]n1)c1ccc(Oc2ccc(F)cc2F)cc1. The first-order chi connectivity index (χ1) is 11.1. The number of hydrogen-bond donors (Lipinski definition) is 2. The van der Waals surface area contributed by atoms with Gasteiger partial charge in [-0.25, -0.2) is 8.78 Å². The number of halogens is 2. The smallest absolute Gasteiger partial charge is 0.270 e. The molecule has 0 saturated carbocycles. The molecule has 0 atom stereocenters. The third-order valence-electron chi connectivity index (χ3n) is 2.81. The van der Waals surface area contributed by atoms with Crippen LogP contribution in [0.3, 0.4) is 0 Å². The standard InChI is InChI=1S/C14H9F2N5O2/c15-9-3-6-12(11(16)7-9)23-10-4-1-8(2-5-10)13(22)17-14-18-20-21-19-14/h1-7H,(H2,17,18,19,20,21,22). The predicted molar refractivity (Wildman–Crippen MR) is 75.0 cm³/mol. The molecule has 9 heteroatoms. The van der Waals surface area contributed by atoms with Gasteiger partial charge in [-0.15, -0.1) is 5.10 Å². The van der Waals surface area contributed by atoms with Crippen LogP contribution in [0.4, 0.5) is 14.7 Å². The summed E-state index contributed by atoms with van der Waals surface area (Å²) < 4.78 is 31.6. The summed E-state index contributed by atoms with van der Waals surface area (Å²) in [6.45, 7) is 0. The number of benzene rings is 2. The van der Waals surface area contributed by atoms with Crippen LogP contribution in [0.25, 0.3) is 0 Å². The van der Waals surface area contributed by atoms with Crippen molar-refractivity contribution in [1.82, 2.24) is 20.6 Å². The number of ether oxygens (including phenoxy) is 1. The van der Waals surface area contributed by atoms with Crippen LogP contribution >= 0.6 is 0 Å². The van der Waals surface area contributed by atoms with E-state index in [0.717, 1.165) is 12.1 Å². The Balaban J connectivity index is 1.70. The second-order valence-electron chi connectivity index (χ2n) is 4.39. The first-order valence-electron chi connectivity index (χ1n) is 6.39. The van der Waals surface area contributed by atoms with Gasteiger partial charge in [0.2, 0.25) is 0 Å². The van der Waals surface area contributed by atoms with Gasteiger partial charge in [-0.1, -0.05) is 5.10 Å². The molecule has 2 N–H and O–H groups in total. The van der Waals surface area contributed by atoms with E-state index in [1.165, 1.54) is 30.3 Å². The number of carbonyl (C=O) groups is 1. The number of H-pyrrole nitrogens is 1. The molecule has 1 aromatic heterocycles. The zero-order valence-electron chi connectivity index (χ0n) is 11.5. The van der Waals surface area contributed by atoms with Crippen molar-refractivity contribution in [2.24, 2.45) is 0 Å². The molecule has 0 radical (unpaired) electrons. The van der Waals surface area contributed by atoms with Crippen LogP contribution in [0.2, 0.25) is 0 Å². The number of amides is 1. The summed E-state index contributed by atoms with van der Waals surface area (Å²) in [5, 5.41) is 15.1. The van der Waals surface area contributed by atoms with Gasteiger partial charge in [0.25, 0.3) is 11.9 Å². The summed E-state index contributed by atoms with van der Waals surface area (Å²) in [5.74, 6) is -1.72. The molecule has 0 aliphatic rings. The maximum Gasteiger partial charge on any atom is 0.270 e. The highest BCUT2D eigenvalue weighted by Crippen LogP contribution is 2.25. The van der Waals surface area contributed by atoms with E-state index in [0.29, 0.717) is 11.3 Å². The molecule has 7 nitrogen and oxygen atoms in total. The van der Waals surface area contributed by atoms with Crippen molar-refractivity contribution in [2.75, 3.05) is 5.32 Å². The fraction of sp³-hybridized carbons (Fsp3) is 0. The lowest BCUT2D eigenvalue weighted by atomic mass is 10.2. The Morgan fingerprint density at radius 2 is 1.91 bits per heavy atom. The molecular formula is C14H9F2N5O2. The number of rotatable bonds is 4. The minimum Gasteiger partial charge on any atom is -0.454 e. The molecule has 0 unspecified atom stereocenters. The quantitative estimate of drug-likeness (QED) is 0.771. The molecule has 3 aromatic rings. The average Bonchev–Trinajstić information content (AvgIpc) is 3.04. The Bertz CT molecular complexity index is 822. The van der Waals surface area contributed by atoms with Crippen molar-refractivity contribution in [3.63, 3.8) is 0 Å². The van der Waals surface area contributed by atoms with E-state index in [2.05, 4.69) is 25.9 Å². The zero-order valence-corrected chi connectivity index (χ0v) is 11.5. The van der Waals surface area contributed by atoms with Crippen molar-refractivity contribution < 1.29 is 18.3 Å². The summed E-state index contributed by atoms with van der Waals surface area (Å²) in [6.07, 6.45) is 0. The Hall–Kier alpha value is -3.36. The van der Waals surface area contributed by atoms with E-state index in [1.807, 2.05) is 0 Å². The molecule has 2 aromatic carbocycles. The molecule has 0 fully saturated rings. The monoisotopic (exact) mass is 317 g/mol. The Kier molecular flexibility index (Phi) is 3.91. The average molecular weight is 317 g/mol. The van der Waals surface area contributed by atoms with Crippen LogP contribution in [0.1, 0.15) is 10.4 Å². The summed E-state index contributed by atoms with van der Waals surface area (Å²) in [6, 6.07) is 8.91. The second kappa shape index (κ2) is 6.18. The number of tetrazole rings is 1. The lowest BCUT2D eigenvalue weighted by molar-refractivity contribution is 0.102. The van der Waals surface area contributed by atoms with E-state index < -0.39 is 17.5 Å². The molecule has 0 aliphatic carbocycles. The molecule has 0 saturated heterocycles. The van der Waals surface area contributed by atoms with Crippen molar-refractivity contribution in [2.45, 2.75) is 0 Å². The molecule has 1 heterocycles. The van der Waals surface area contributed by atoms with Crippen LogP contribution < -0.4 is 10.1 Å². The molecule has 0 bridgehead atoms. The van der Waals surface area contributed by atoms with Gasteiger partial charge in [-0.3, -0.25) is 10.1 Å². The summed E-state index contributed by atoms with van der Waals surface area (Å²) >= 11 is 0. The van der Waals surface area contributed by atoms with Crippen molar-refractivity contribution >= 4 is 11.9 Å². The highest BCUT2D eigenvalue weighted by Gasteiger charge is 2.10. The van der Waals surface area contributed by atoms with Gasteiger partial charge in [-0.05, 0) is 41.6 Å². The number of carbonyl (C=O) groups excluding carboxylic acids is 1. The zero-order chi connectivity index (χ0) is 16.2. The maximum absolute atomic E-state index is 13.5. The van der Waals surface area contributed by atoms with Crippen molar-refractivity contribution in [3.05, 3.63) is 59.7 Å². The van der Waals surface area contributed by atoms with E-state index in [-0.39, 0.29) is 11.7 Å². The fourth-order valence-corrected chi connectivity index (χ4v) is 1.75. The second-order valence-corrected chi connectivity index (χ2v) is 4.39. The number of aromatic nitrogens is 4. The van der Waals surface area contributed by atoms with Crippen LogP contribution in [-0.4, -0.2) is 26.5 Å². The number of anilines is 1. The lowest BCUT2D eigenvalue weighted by Crippen LogP contribution is -2.12. The molecule has 23 heavy (non-hydrogen) atoms. The fourth-order valence-electron chi connectivity index (χ4n) is 1.75. The third kappa shape index (κ3) is 3.46. The summed E-state index contributed by atoms with van der Waals surface area (Å²) in [4.78, 5) is 11.9. The van der Waals surface area contributed by atoms with Gasteiger partial charge in [-0.2, -0.15) is 5.21 Å². The van der Waals surface area contributed by atoms with Crippen molar-refractivity contribution in [3.8, 4) is 11.5 Å². The van der Waals surface area contributed by atoms with Crippen LogP contribution in [0.15, 0.2) is 42.5 Å². The predicted octanol–water partition coefficient (Wildman–Crippen LogP) is 2.52. The van der Waals surface area contributed by atoms with Gasteiger partial charge in [0.15, 0.2) is 11.6 Å².